The Hall–Kier alpha value is -2.60. The molecule has 0 amide bonds. The number of ether oxygens (including phenoxy) is 2. The average molecular weight is 979 g/mol. The van der Waals surface area contributed by atoms with E-state index < -0.39 is 89.6 Å². The summed E-state index contributed by atoms with van der Waals surface area (Å²) in [6, 6.07) is 0. The molecule has 1 saturated carbocycles. The minimum Gasteiger partial charge on any atom is -0.462 e. The van der Waals surface area contributed by atoms with E-state index >= 15 is 0 Å². The standard InChI is InChI=1S/C47H80O17P2/c1-3-5-7-9-11-13-15-17-18-20-22-24-26-28-30-34-40(49)60-36-39(37-61-66(58,59)64-47-44(53)42(51)43(52)46(45(47)54)63-65(55,56)57)62-41(50)35-31-33-38(48)32-29-27-25-23-21-19-16-14-12-10-8-6-4-2/h5,7,11,13,17-19,21,25,27,29,32,38-39,42-48,51-54H,3-4,6,8-10,12,14-16,20,22-24,26,28,30-31,33-37H2,1-2H3,(H,58,59)(H2,55,56,57)/b7-5-,13-11-,18-17-,21-19+,27-25+,32-29+/t38?,39-,42?,43?,44?,45?,46-,47+/m1/s1. The molecule has 0 heterocycles. The molecular formula is C47H80O17P2. The van der Waals surface area contributed by atoms with Gasteiger partial charge in [-0.1, -0.05) is 138 Å². The molecule has 0 saturated heterocycles. The lowest BCUT2D eigenvalue weighted by Gasteiger charge is -2.43. The monoisotopic (exact) mass is 978 g/mol. The summed E-state index contributed by atoms with van der Waals surface area (Å²) in [5.74, 6) is -1.43. The predicted octanol–water partition coefficient (Wildman–Crippen LogP) is 7.81. The number of unbranched alkanes of at least 4 members (excludes halogenated alkanes) is 11. The Bertz CT molecular complexity index is 1570. The SMILES string of the molecule is CC/C=C\C/C=C\C/C=C\CCCCCCCC(=O)OC[C@H](COP(=O)(O)O[C@H]1C(O)C(O)C(O)[C@@H](OP(=O)(O)O)C1O)OC(=O)CCCC(O)/C=C/C=C/C/C=C/CCCCCCCC. The van der Waals surface area contributed by atoms with Crippen LogP contribution in [0, 0.1) is 0 Å². The Kier molecular flexibility index (Phi) is 34.7. The van der Waals surface area contributed by atoms with E-state index in [9.17, 15) is 58.9 Å². The number of phosphoric acid groups is 2. The van der Waals surface area contributed by atoms with E-state index in [1.54, 1.807) is 12.2 Å². The van der Waals surface area contributed by atoms with Crippen LogP contribution in [0.1, 0.15) is 149 Å². The van der Waals surface area contributed by atoms with E-state index in [-0.39, 0.29) is 25.7 Å². The van der Waals surface area contributed by atoms with Gasteiger partial charge in [-0.05, 0) is 70.6 Å². The number of carbonyl (C=O) groups is 2. The van der Waals surface area contributed by atoms with Gasteiger partial charge in [-0.15, -0.1) is 0 Å². The zero-order chi connectivity index (χ0) is 49.1. The number of carbonyl (C=O) groups excluding carboxylic acids is 2. The summed E-state index contributed by atoms with van der Waals surface area (Å²) in [5.41, 5.74) is 0. The fraction of sp³-hybridized carbons (Fsp3) is 0.702. The van der Waals surface area contributed by atoms with Gasteiger partial charge in [-0.25, -0.2) is 9.13 Å². The second-order valence-corrected chi connectivity index (χ2v) is 18.9. The van der Waals surface area contributed by atoms with Crippen molar-refractivity contribution in [1.82, 2.24) is 0 Å². The summed E-state index contributed by atoms with van der Waals surface area (Å²) in [5, 5.41) is 51.6. The van der Waals surface area contributed by atoms with Gasteiger partial charge in [0.1, 0.15) is 43.2 Å². The number of hydrogen-bond acceptors (Lipinski definition) is 14. The van der Waals surface area contributed by atoms with Gasteiger partial charge in [0.15, 0.2) is 6.10 Å². The molecule has 66 heavy (non-hydrogen) atoms. The minimum absolute atomic E-state index is 0.0584. The van der Waals surface area contributed by atoms with Gasteiger partial charge in [-0.2, -0.15) is 0 Å². The van der Waals surface area contributed by atoms with Gasteiger partial charge in [-0.3, -0.25) is 23.2 Å². The van der Waals surface area contributed by atoms with Crippen LogP contribution in [0.3, 0.4) is 0 Å². The molecular weight excluding hydrogens is 898 g/mol. The first kappa shape index (κ1) is 61.4. The number of esters is 2. The highest BCUT2D eigenvalue weighted by Gasteiger charge is 2.54. The van der Waals surface area contributed by atoms with Gasteiger partial charge >= 0.3 is 27.6 Å². The summed E-state index contributed by atoms with van der Waals surface area (Å²) in [6.07, 6.45) is 26.0. The molecule has 1 fully saturated rings. The normalized spacial score (nSPS) is 22.6. The molecule has 0 spiro atoms. The van der Waals surface area contributed by atoms with Gasteiger partial charge in [0, 0.05) is 12.8 Å². The highest BCUT2D eigenvalue weighted by Crippen LogP contribution is 2.49. The first-order chi connectivity index (χ1) is 31.5. The summed E-state index contributed by atoms with van der Waals surface area (Å²) in [7, 11) is -10.8. The molecule has 0 aromatic rings. The molecule has 0 bridgehead atoms. The van der Waals surface area contributed by atoms with Crippen LogP contribution in [0.2, 0.25) is 0 Å². The molecule has 1 aliphatic carbocycles. The number of rotatable bonds is 38. The lowest BCUT2D eigenvalue weighted by molar-refractivity contribution is -0.216. The summed E-state index contributed by atoms with van der Waals surface area (Å²) in [6.45, 7) is 2.80. The predicted molar refractivity (Wildman–Crippen MR) is 252 cm³/mol. The molecule has 8 N–H and O–H groups in total. The topological polar surface area (TPSA) is 276 Å². The average Bonchev–Trinajstić information content (AvgIpc) is 3.26. The van der Waals surface area contributed by atoms with Crippen LogP contribution in [-0.2, 0) is 41.8 Å². The smallest absolute Gasteiger partial charge is 0.462 e. The summed E-state index contributed by atoms with van der Waals surface area (Å²) in [4.78, 5) is 54.3. The second kappa shape index (κ2) is 37.3. The number of aliphatic hydroxyl groups excluding tert-OH is 5. The van der Waals surface area contributed by atoms with E-state index in [1.807, 2.05) is 12.2 Å². The Morgan fingerprint density at radius 2 is 1.11 bits per heavy atom. The van der Waals surface area contributed by atoms with Crippen molar-refractivity contribution in [2.24, 2.45) is 0 Å². The molecule has 0 aromatic carbocycles. The number of aliphatic hydroxyl groups is 5. The van der Waals surface area contributed by atoms with Crippen molar-refractivity contribution in [3.05, 3.63) is 72.9 Å². The van der Waals surface area contributed by atoms with Crippen molar-refractivity contribution in [3.63, 3.8) is 0 Å². The largest absolute Gasteiger partial charge is 0.472 e. The van der Waals surface area contributed by atoms with Crippen LogP contribution >= 0.6 is 15.6 Å². The maximum Gasteiger partial charge on any atom is 0.472 e. The molecule has 6 unspecified atom stereocenters. The second-order valence-electron chi connectivity index (χ2n) is 16.3. The first-order valence-corrected chi connectivity index (χ1v) is 26.6. The molecule has 0 aromatic heterocycles. The van der Waals surface area contributed by atoms with Crippen LogP contribution in [-0.4, -0.2) is 114 Å². The van der Waals surface area contributed by atoms with Gasteiger partial charge < -0.3 is 49.7 Å². The lowest BCUT2D eigenvalue weighted by atomic mass is 9.85. The highest BCUT2D eigenvalue weighted by molar-refractivity contribution is 7.47. The van der Waals surface area contributed by atoms with E-state index in [0.717, 1.165) is 64.2 Å². The quantitative estimate of drug-likeness (QED) is 0.00963. The zero-order valence-corrected chi connectivity index (χ0v) is 40.7. The van der Waals surface area contributed by atoms with Crippen LogP contribution in [0.15, 0.2) is 72.9 Å². The number of phosphoric ester groups is 2. The van der Waals surface area contributed by atoms with Crippen LogP contribution in [0.4, 0.5) is 0 Å². The molecule has 1 aliphatic rings. The number of allylic oxidation sites excluding steroid dienone is 11. The van der Waals surface area contributed by atoms with Crippen molar-refractivity contribution in [1.29, 1.82) is 0 Å². The Morgan fingerprint density at radius 1 is 0.576 bits per heavy atom. The Labute approximate surface area is 392 Å². The van der Waals surface area contributed by atoms with E-state index in [4.69, 9.17) is 18.5 Å². The third kappa shape index (κ3) is 31.4. The van der Waals surface area contributed by atoms with E-state index in [2.05, 4.69) is 67.0 Å². The third-order valence-corrected chi connectivity index (χ3v) is 11.9. The first-order valence-electron chi connectivity index (χ1n) is 23.6. The van der Waals surface area contributed by atoms with Gasteiger partial charge in [0.05, 0.1) is 12.7 Å². The van der Waals surface area contributed by atoms with E-state index in [1.165, 1.54) is 38.5 Å². The lowest BCUT2D eigenvalue weighted by Crippen LogP contribution is -2.64. The molecule has 9 atom stereocenters. The van der Waals surface area contributed by atoms with E-state index in [0.29, 0.717) is 6.42 Å². The minimum atomic E-state index is -5.39. The van der Waals surface area contributed by atoms with Gasteiger partial charge in [0.2, 0.25) is 0 Å². The van der Waals surface area contributed by atoms with Crippen LogP contribution < -0.4 is 0 Å². The molecule has 380 valence electrons. The Morgan fingerprint density at radius 3 is 1.71 bits per heavy atom. The molecule has 17 nitrogen and oxygen atoms in total. The highest BCUT2D eigenvalue weighted by atomic mass is 31.2. The third-order valence-electron chi connectivity index (χ3n) is 10.4. The van der Waals surface area contributed by atoms with Crippen LogP contribution in [0.5, 0.6) is 0 Å². The zero-order valence-electron chi connectivity index (χ0n) is 39.0. The van der Waals surface area contributed by atoms with Crippen LogP contribution in [0.25, 0.3) is 0 Å². The molecule has 19 heteroatoms. The van der Waals surface area contributed by atoms with Crippen molar-refractivity contribution < 1.29 is 82.0 Å². The molecule has 0 aliphatic heterocycles. The van der Waals surface area contributed by atoms with Crippen molar-refractivity contribution in [3.8, 4) is 0 Å². The van der Waals surface area contributed by atoms with Crippen molar-refractivity contribution >= 4 is 27.6 Å². The van der Waals surface area contributed by atoms with Gasteiger partial charge in [0.25, 0.3) is 0 Å². The van der Waals surface area contributed by atoms with Crippen molar-refractivity contribution in [2.75, 3.05) is 13.2 Å². The maximum atomic E-state index is 13.0. The molecule has 1 rings (SSSR count). The summed E-state index contributed by atoms with van der Waals surface area (Å²) < 4.78 is 49.2. The van der Waals surface area contributed by atoms with Crippen molar-refractivity contribution in [2.45, 2.75) is 198 Å². The maximum absolute atomic E-state index is 13.0. The Balaban J connectivity index is 2.70. The molecule has 0 radical (unpaired) electrons. The fourth-order valence-corrected chi connectivity index (χ4v) is 8.23. The fourth-order valence-electron chi connectivity index (χ4n) is 6.70. The number of hydrogen-bond donors (Lipinski definition) is 8. The summed E-state index contributed by atoms with van der Waals surface area (Å²) >= 11 is 0.